The molecule has 0 saturated carbocycles. The molecular weight excluding hydrogens is 269 g/mol. The van der Waals surface area contributed by atoms with Gasteiger partial charge in [-0.2, -0.15) is 0 Å². The highest BCUT2D eigenvalue weighted by atomic mass is 19.1. The molecule has 1 aromatic carbocycles. The van der Waals surface area contributed by atoms with Crippen LogP contribution in [0, 0.1) is 11.7 Å². The molecule has 2 rings (SSSR count). The van der Waals surface area contributed by atoms with Crippen LogP contribution >= 0.6 is 0 Å². The lowest BCUT2D eigenvalue weighted by Crippen LogP contribution is -2.43. The second-order valence-corrected chi connectivity index (χ2v) is 7.22. The van der Waals surface area contributed by atoms with Crippen LogP contribution in [-0.4, -0.2) is 21.5 Å². The van der Waals surface area contributed by atoms with Gasteiger partial charge in [-0.05, 0) is 44.2 Å². The topological polar surface area (TPSA) is 40.5 Å². The van der Waals surface area contributed by atoms with Crippen LogP contribution in [0.25, 0.3) is 0 Å². The van der Waals surface area contributed by atoms with Gasteiger partial charge in [0, 0.05) is 11.1 Å². The lowest BCUT2D eigenvalue weighted by molar-refractivity contribution is -0.0228. The minimum Gasteiger partial charge on any atom is -0.369 e. The van der Waals surface area contributed by atoms with E-state index in [9.17, 15) is 14.3 Å². The Bertz CT molecular complexity index is 575. The van der Waals surface area contributed by atoms with E-state index < -0.39 is 23.5 Å². The Labute approximate surface area is 125 Å². The fourth-order valence-electron chi connectivity index (χ4n) is 2.77. The summed E-state index contributed by atoms with van der Waals surface area (Å²) in [5.41, 5.74) is 0.657. The third-order valence-electron chi connectivity index (χ3n) is 4.35. The second kappa shape index (κ2) is 5.09. The van der Waals surface area contributed by atoms with E-state index in [4.69, 9.17) is 0 Å². The SMILES string of the molecule is CC(C)C(C)c1cc(F)c2c(c1)C(O)N(C(C)(C)C)C2=O. The first-order valence-electron chi connectivity index (χ1n) is 7.40. The van der Waals surface area contributed by atoms with Crippen LogP contribution in [0.3, 0.4) is 0 Å². The summed E-state index contributed by atoms with van der Waals surface area (Å²) in [4.78, 5) is 13.8. The van der Waals surface area contributed by atoms with E-state index in [1.165, 1.54) is 11.0 Å². The van der Waals surface area contributed by atoms with E-state index in [2.05, 4.69) is 13.8 Å². The summed E-state index contributed by atoms with van der Waals surface area (Å²) in [5, 5.41) is 10.5. The molecule has 21 heavy (non-hydrogen) atoms. The molecule has 1 amide bonds. The summed E-state index contributed by atoms with van der Waals surface area (Å²) in [6.07, 6.45) is -1.08. The maximum atomic E-state index is 14.4. The highest BCUT2D eigenvalue weighted by Gasteiger charge is 2.43. The number of fused-ring (bicyclic) bond motifs is 1. The molecule has 0 fully saturated rings. The van der Waals surface area contributed by atoms with Gasteiger partial charge in [0.25, 0.3) is 5.91 Å². The smallest absolute Gasteiger partial charge is 0.260 e. The number of carbonyl (C=O) groups excluding carboxylic acids is 1. The zero-order valence-corrected chi connectivity index (χ0v) is 13.6. The molecule has 0 spiro atoms. The van der Waals surface area contributed by atoms with Crippen molar-refractivity contribution >= 4 is 5.91 Å². The van der Waals surface area contributed by atoms with Crippen LogP contribution < -0.4 is 0 Å². The van der Waals surface area contributed by atoms with Crippen LogP contribution in [0.15, 0.2) is 12.1 Å². The van der Waals surface area contributed by atoms with E-state index in [0.717, 1.165) is 5.56 Å². The molecule has 1 aromatic rings. The molecule has 4 heteroatoms. The normalized spacial score (nSPS) is 20.1. The molecule has 0 radical (unpaired) electrons. The summed E-state index contributed by atoms with van der Waals surface area (Å²) >= 11 is 0. The second-order valence-electron chi connectivity index (χ2n) is 7.22. The van der Waals surface area contributed by atoms with Crippen molar-refractivity contribution in [1.82, 2.24) is 4.90 Å². The third kappa shape index (κ3) is 2.57. The van der Waals surface area contributed by atoms with Crippen molar-refractivity contribution in [2.75, 3.05) is 0 Å². The largest absolute Gasteiger partial charge is 0.369 e. The van der Waals surface area contributed by atoms with Gasteiger partial charge in [-0.15, -0.1) is 0 Å². The first-order chi connectivity index (χ1) is 9.55. The van der Waals surface area contributed by atoms with Gasteiger partial charge in [-0.25, -0.2) is 4.39 Å². The van der Waals surface area contributed by atoms with Gasteiger partial charge in [-0.3, -0.25) is 4.79 Å². The van der Waals surface area contributed by atoms with Gasteiger partial charge in [-0.1, -0.05) is 26.8 Å². The maximum absolute atomic E-state index is 14.4. The molecule has 1 aliphatic rings. The minimum atomic E-state index is -1.08. The Morgan fingerprint density at radius 3 is 2.29 bits per heavy atom. The predicted octanol–water partition coefficient (Wildman–Crippen LogP) is 3.83. The fourth-order valence-corrected chi connectivity index (χ4v) is 2.77. The average Bonchev–Trinajstić information content (AvgIpc) is 2.60. The van der Waals surface area contributed by atoms with E-state index in [-0.39, 0.29) is 11.5 Å². The van der Waals surface area contributed by atoms with Gasteiger partial charge >= 0.3 is 0 Å². The number of amides is 1. The number of halogens is 1. The van der Waals surface area contributed by atoms with Gasteiger partial charge in [0.2, 0.25) is 0 Å². The molecule has 1 heterocycles. The lowest BCUT2D eigenvalue weighted by Gasteiger charge is -2.34. The molecule has 1 N–H and O–H groups in total. The highest BCUT2D eigenvalue weighted by Crippen LogP contribution is 2.40. The Morgan fingerprint density at radius 2 is 1.81 bits per heavy atom. The first-order valence-corrected chi connectivity index (χ1v) is 7.40. The van der Waals surface area contributed by atoms with Crippen LogP contribution in [0.2, 0.25) is 0 Å². The van der Waals surface area contributed by atoms with Gasteiger partial charge in [0.05, 0.1) is 5.56 Å². The Balaban J connectivity index is 2.55. The molecule has 2 unspecified atom stereocenters. The van der Waals surface area contributed by atoms with Crippen LogP contribution in [0.1, 0.15) is 75.2 Å². The van der Waals surface area contributed by atoms with Crippen molar-refractivity contribution in [3.8, 4) is 0 Å². The summed E-state index contributed by atoms with van der Waals surface area (Å²) in [6, 6.07) is 3.21. The van der Waals surface area contributed by atoms with Crippen molar-refractivity contribution in [1.29, 1.82) is 0 Å². The number of hydrogen-bond donors (Lipinski definition) is 1. The molecule has 0 aromatic heterocycles. The molecule has 0 aliphatic carbocycles. The average molecular weight is 293 g/mol. The number of benzene rings is 1. The van der Waals surface area contributed by atoms with E-state index in [0.29, 0.717) is 11.5 Å². The van der Waals surface area contributed by atoms with E-state index in [1.807, 2.05) is 27.7 Å². The standard InChI is InChI=1S/C17H24FNO2/c1-9(2)10(3)11-7-12-14(13(18)8-11)16(21)19(15(12)20)17(4,5)6/h7-10,15,20H,1-6H3. The number of carbonyl (C=O) groups is 1. The van der Waals surface area contributed by atoms with Gasteiger partial charge in [0.1, 0.15) is 5.82 Å². The monoisotopic (exact) mass is 293 g/mol. The van der Waals surface area contributed by atoms with Crippen molar-refractivity contribution in [3.63, 3.8) is 0 Å². The van der Waals surface area contributed by atoms with E-state index in [1.54, 1.807) is 6.07 Å². The minimum absolute atomic E-state index is 0.0112. The number of aliphatic hydroxyl groups is 1. The molecular formula is C17H24FNO2. The molecule has 3 nitrogen and oxygen atoms in total. The molecule has 116 valence electrons. The number of nitrogens with zero attached hydrogens (tertiary/aromatic N) is 1. The van der Waals surface area contributed by atoms with Crippen LogP contribution in [0.5, 0.6) is 0 Å². The Hall–Kier alpha value is -1.42. The molecule has 0 bridgehead atoms. The van der Waals surface area contributed by atoms with Crippen molar-refractivity contribution in [2.24, 2.45) is 5.92 Å². The van der Waals surface area contributed by atoms with Gasteiger partial charge in [0.15, 0.2) is 6.23 Å². The number of aliphatic hydroxyl groups excluding tert-OH is 1. The maximum Gasteiger partial charge on any atom is 0.260 e. The van der Waals surface area contributed by atoms with Gasteiger partial charge < -0.3 is 10.0 Å². The van der Waals surface area contributed by atoms with Crippen molar-refractivity contribution in [3.05, 3.63) is 34.6 Å². The quantitative estimate of drug-likeness (QED) is 0.900. The summed E-state index contributed by atoms with van der Waals surface area (Å²) in [7, 11) is 0. The number of hydrogen-bond acceptors (Lipinski definition) is 2. The molecule has 2 atom stereocenters. The molecule has 0 saturated heterocycles. The van der Waals surface area contributed by atoms with E-state index >= 15 is 0 Å². The highest BCUT2D eigenvalue weighted by molar-refractivity contribution is 5.99. The zero-order chi connectivity index (χ0) is 16.1. The fraction of sp³-hybridized carbons (Fsp3) is 0.588. The third-order valence-corrected chi connectivity index (χ3v) is 4.35. The lowest BCUT2D eigenvalue weighted by atomic mass is 9.88. The zero-order valence-electron chi connectivity index (χ0n) is 13.6. The summed E-state index contributed by atoms with van der Waals surface area (Å²) in [6.45, 7) is 11.6. The predicted molar refractivity (Wildman–Crippen MR) is 80.5 cm³/mol. The van der Waals surface area contributed by atoms with Crippen LogP contribution in [-0.2, 0) is 0 Å². The first kappa shape index (κ1) is 16.0. The summed E-state index contributed by atoms with van der Waals surface area (Å²) < 4.78 is 14.4. The van der Waals surface area contributed by atoms with Crippen molar-refractivity contribution < 1.29 is 14.3 Å². The van der Waals surface area contributed by atoms with Crippen LogP contribution in [0.4, 0.5) is 4.39 Å². The Morgan fingerprint density at radius 1 is 1.24 bits per heavy atom. The Kier molecular flexibility index (Phi) is 3.87. The molecule has 1 aliphatic heterocycles. The van der Waals surface area contributed by atoms with Crippen molar-refractivity contribution in [2.45, 2.75) is 59.2 Å². The number of rotatable bonds is 2. The summed E-state index contributed by atoms with van der Waals surface area (Å²) in [5.74, 6) is -0.455.